The van der Waals surface area contributed by atoms with E-state index < -0.39 is 0 Å². The zero-order valence-corrected chi connectivity index (χ0v) is 10.6. The minimum Gasteiger partial charge on any atom is -0.379 e. The zero-order chi connectivity index (χ0) is 11.9. The Morgan fingerprint density at radius 3 is 2.53 bits per heavy atom. The van der Waals surface area contributed by atoms with Crippen LogP contribution in [0.1, 0.15) is 27.2 Å². The summed E-state index contributed by atoms with van der Waals surface area (Å²) in [5, 5.41) is 3.12. The molecule has 0 heterocycles. The fourth-order valence-corrected chi connectivity index (χ4v) is 0.998. The van der Waals surface area contributed by atoms with Crippen LogP contribution in [0.3, 0.4) is 0 Å². The maximum Gasteiger partial charge on any atom is 0.236 e. The quantitative estimate of drug-likeness (QED) is 0.642. The summed E-state index contributed by atoms with van der Waals surface area (Å²) < 4.78 is 5.28. The number of hydrogen-bond acceptors (Lipinski definition) is 3. The molecule has 0 aliphatic carbocycles. The fraction of sp³-hybridized carbons (Fsp3) is 0.909. The highest BCUT2D eigenvalue weighted by Crippen LogP contribution is 2.10. The van der Waals surface area contributed by atoms with Gasteiger partial charge in [0.05, 0.1) is 12.1 Å². The van der Waals surface area contributed by atoms with Crippen LogP contribution in [0.2, 0.25) is 0 Å². The highest BCUT2D eigenvalue weighted by molar-refractivity contribution is 5.77. The number of nitrogens with one attached hydrogen (secondary N) is 1. The van der Waals surface area contributed by atoms with Gasteiger partial charge in [0.2, 0.25) is 5.91 Å². The first-order valence-electron chi connectivity index (χ1n) is 5.42. The SMILES string of the molecule is CCN(C)C(=O)CNCCC(C)(C)OC. The fourth-order valence-electron chi connectivity index (χ4n) is 0.998. The van der Waals surface area contributed by atoms with Gasteiger partial charge in [0.15, 0.2) is 0 Å². The lowest BCUT2D eigenvalue weighted by molar-refractivity contribution is -0.128. The lowest BCUT2D eigenvalue weighted by Gasteiger charge is -2.23. The van der Waals surface area contributed by atoms with E-state index in [1.165, 1.54) is 0 Å². The Morgan fingerprint density at radius 1 is 1.47 bits per heavy atom. The van der Waals surface area contributed by atoms with Crippen LogP contribution in [-0.2, 0) is 9.53 Å². The number of amides is 1. The lowest BCUT2D eigenvalue weighted by Crippen LogP contribution is -2.37. The Balaban J connectivity index is 3.59. The van der Waals surface area contributed by atoms with Crippen molar-refractivity contribution in [2.24, 2.45) is 0 Å². The van der Waals surface area contributed by atoms with Crippen molar-refractivity contribution in [1.82, 2.24) is 10.2 Å². The predicted octanol–water partition coefficient (Wildman–Crippen LogP) is 0.869. The summed E-state index contributed by atoms with van der Waals surface area (Å²) in [5.74, 6) is 0.132. The Bertz CT molecular complexity index is 193. The molecule has 0 aromatic carbocycles. The molecule has 15 heavy (non-hydrogen) atoms. The molecule has 4 heteroatoms. The number of rotatable bonds is 7. The number of likely N-dealkylation sites (N-methyl/N-ethyl adjacent to an activating group) is 1. The van der Waals surface area contributed by atoms with Crippen LogP contribution in [0.15, 0.2) is 0 Å². The number of methoxy groups -OCH3 is 1. The summed E-state index contributed by atoms with van der Waals surface area (Å²) in [6, 6.07) is 0. The second-order valence-electron chi connectivity index (χ2n) is 4.30. The molecule has 0 aliphatic heterocycles. The van der Waals surface area contributed by atoms with Gasteiger partial charge in [0.25, 0.3) is 0 Å². The highest BCUT2D eigenvalue weighted by Gasteiger charge is 2.15. The second-order valence-corrected chi connectivity index (χ2v) is 4.30. The molecule has 0 fully saturated rings. The molecule has 4 nitrogen and oxygen atoms in total. The Labute approximate surface area is 93.0 Å². The third kappa shape index (κ3) is 6.47. The minimum absolute atomic E-state index is 0.118. The number of ether oxygens (including phenoxy) is 1. The molecule has 0 unspecified atom stereocenters. The predicted molar refractivity (Wildman–Crippen MR) is 61.9 cm³/mol. The van der Waals surface area contributed by atoms with Crippen molar-refractivity contribution < 1.29 is 9.53 Å². The monoisotopic (exact) mass is 216 g/mol. The molecular formula is C11H24N2O2. The van der Waals surface area contributed by atoms with Gasteiger partial charge < -0.3 is 15.0 Å². The van der Waals surface area contributed by atoms with Crippen LogP contribution in [0, 0.1) is 0 Å². The van der Waals surface area contributed by atoms with Crippen molar-refractivity contribution in [3.8, 4) is 0 Å². The van der Waals surface area contributed by atoms with Gasteiger partial charge in [-0.15, -0.1) is 0 Å². The minimum atomic E-state index is -0.118. The standard InChI is InChI=1S/C11H24N2O2/c1-6-13(4)10(14)9-12-8-7-11(2,3)15-5/h12H,6-9H2,1-5H3. The van der Waals surface area contributed by atoms with E-state index in [9.17, 15) is 4.79 Å². The Kier molecular flexibility index (Phi) is 6.52. The molecule has 0 aromatic heterocycles. The summed E-state index contributed by atoms with van der Waals surface area (Å²) in [7, 11) is 3.51. The number of hydrogen-bond donors (Lipinski definition) is 1. The highest BCUT2D eigenvalue weighted by atomic mass is 16.5. The van der Waals surface area contributed by atoms with Gasteiger partial charge in [-0.25, -0.2) is 0 Å². The number of nitrogens with zero attached hydrogens (tertiary/aromatic N) is 1. The largest absolute Gasteiger partial charge is 0.379 e. The smallest absolute Gasteiger partial charge is 0.236 e. The molecule has 0 saturated heterocycles. The first kappa shape index (κ1) is 14.4. The molecule has 0 rings (SSSR count). The Morgan fingerprint density at radius 2 is 2.07 bits per heavy atom. The van der Waals surface area contributed by atoms with Crippen LogP contribution in [0.25, 0.3) is 0 Å². The molecule has 0 saturated carbocycles. The molecule has 1 amide bonds. The molecule has 0 aromatic rings. The van der Waals surface area contributed by atoms with Crippen molar-refractivity contribution >= 4 is 5.91 Å². The summed E-state index contributed by atoms with van der Waals surface area (Å²) in [5.41, 5.74) is -0.118. The van der Waals surface area contributed by atoms with Crippen molar-refractivity contribution in [3.05, 3.63) is 0 Å². The lowest BCUT2D eigenvalue weighted by atomic mass is 10.1. The summed E-state index contributed by atoms with van der Waals surface area (Å²) in [6.45, 7) is 7.99. The molecule has 90 valence electrons. The Hall–Kier alpha value is -0.610. The van der Waals surface area contributed by atoms with E-state index in [1.807, 2.05) is 27.8 Å². The van der Waals surface area contributed by atoms with Gasteiger partial charge in [-0.3, -0.25) is 4.79 Å². The van der Waals surface area contributed by atoms with Crippen LogP contribution in [0.5, 0.6) is 0 Å². The molecule has 0 radical (unpaired) electrons. The second kappa shape index (κ2) is 6.80. The normalized spacial score (nSPS) is 11.5. The van der Waals surface area contributed by atoms with Crippen LogP contribution in [0.4, 0.5) is 0 Å². The number of carbonyl (C=O) groups is 1. The van der Waals surface area contributed by atoms with Crippen molar-refractivity contribution in [3.63, 3.8) is 0 Å². The molecule has 0 atom stereocenters. The zero-order valence-electron chi connectivity index (χ0n) is 10.6. The number of carbonyl (C=O) groups excluding carboxylic acids is 1. The molecule has 0 spiro atoms. The summed E-state index contributed by atoms with van der Waals surface area (Å²) in [6.07, 6.45) is 0.895. The van der Waals surface area contributed by atoms with E-state index in [2.05, 4.69) is 5.32 Å². The third-order valence-corrected chi connectivity index (χ3v) is 2.63. The maximum absolute atomic E-state index is 11.4. The van der Waals surface area contributed by atoms with Crippen molar-refractivity contribution in [1.29, 1.82) is 0 Å². The van der Waals surface area contributed by atoms with Crippen molar-refractivity contribution in [2.75, 3.05) is 33.8 Å². The van der Waals surface area contributed by atoms with E-state index >= 15 is 0 Å². The average molecular weight is 216 g/mol. The van der Waals surface area contributed by atoms with Crippen LogP contribution < -0.4 is 5.32 Å². The van der Waals surface area contributed by atoms with E-state index in [0.717, 1.165) is 19.5 Å². The topological polar surface area (TPSA) is 41.6 Å². The van der Waals surface area contributed by atoms with Crippen molar-refractivity contribution in [2.45, 2.75) is 32.8 Å². The van der Waals surface area contributed by atoms with Gasteiger partial charge in [-0.2, -0.15) is 0 Å². The van der Waals surface area contributed by atoms with Gasteiger partial charge in [0.1, 0.15) is 0 Å². The van der Waals surface area contributed by atoms with Crippen LogP contribution in [-0.4, -0.2) is 50.2 Å². The first-order valence-corrected chi connectivity index (χ1v) is 5.42. The van der Waals surface area contributed by atoms with E-state index in [-0.39, 0.29) is 11.5 Å². The molecule has 0 aliphatic rings. The van der Waals surface area contributed by atoms with Gasteiger partial charge in [-0.1, -0.05) is 0 Å². The average Bonchev–Trinajstić information content (AvgIpc) is 2.22. The summed E-state index contributed by atoms with van der Waals surface area (Å²) in [4.78, 5) is 13.1. The van der Waals surface area contributed by atoms with Gasteiger partial charge >= 0.3 is 0 Å². The van der Waals surface area contributed by atoms with Gasteiger partial charge in [0, 0.05) is 20.7 Å². The van der Waals surface area contributed by atoms with E-state index in [0.29, 0.717) is 6.54 Å². The molecule has 1 N–H and O–H groups in total. The van der Waals surface area contributed by atoms with E-state index in [1.54, 1.807) is 12.0 Å². The van der Waals surface area contributed by atoms with E-state index in [4.69, 9.17) is 4.74 Å². The van der Waals surface area contributed by atoms with Gasteiger partial charge in [-0.05, 0) is 33.7 Å². The summed E-state index contributed by atoms with van der Waals surface area (Å²) >= 11 is 0. The van der Waals surface area contributed by atoms with Crippen LogP contribution >= 0.6 is 0 Å². The first-order chi connectivity index (χ1) is 6.93. The molecule has 0 bridgehead atoms. The third-order valence-electron chi connectivity index (χ3n) is 2.63. The molecular weight excluding hydrogens is 192 g/mol. The maximum atomic E-state index is 11.4.